The van der Waals surface area contributed by atoms with Gasteiger partial charge in [0.15, 0.2) is 0 Å². The van der Waals surface area contributed by atoms with E-state index in [0.717, 1.165) is 46.0 Å². The average molecular weight is 512 g/mol. The van der Waals surface area contributed by atoms with Gasteiger partial charge in [-0.15, -0.1) is 0 Å². The summed E-state index contributed by atoms with van der Waals surface area (Å²) in [6, 6.07) is 6.72. The fraction of sp³-hybridized carbons (Fsp3) is 0.656. The molecule has 0 bridgehead atoms. The maximum absolute atomic E-state index is 9.59. The largest absolute Gasteiger partial charge is 0.192 e. The van der Waals surface area contributed by atoms with Crippen molar-refractivity contribution in [2.45, 2.75) is 122 Å². The van der Waals surface area contributed by atoms with Crippen molar-refractivity contribution < 1.29 is 0 Å². The third kappa shape index (κ3) is 9.05. The molecule has 1 aromatic rings. The Labute approximate surface area is 225 Å². The van der Waals surface area contributed by atoms with Crippen LogP contribution in [0.3, 0.4) is 0 Å². The molecular weight excluding hydrogens is 462 g/mol. The molecule has 0 aromatic heterocycles. The fourth-order valence-electron chi connectivity index (χ4n) is 5.34. The maximum atomic E-state index is 9.59. The molecule has 1 nitrogen and oxygen atoms in total. The van der Waals surface area contributed by atoms with Crippen LogP contribution in [0.15, 0.2) is 43.9 Å². The molecule has 1 fully saturated rings. The zero-order valence-electron chi connectivity index (χ0n) is 23.5. The van der Waals surface area contributed by atoms with Crippen LogP contribution in [-0.2, 0) is 0 Å². The topological polar surface area (TPSA) is 23.8 Å². The van der Waals surface area contributed by atoms with Crippen LogP contribution in [0.25, 0.3) is 0 Å². The van der Waals surface area contributed by atoms with Gasteiger partial charge in [-0.3, -0.25) is 0 Å². The predicted octanol–water partition coefficient (Wildman–Crippen LogP) is 11.3. The molecule has 1 aliphatic carbocycles. The summed E-state index contributed by atoms with van der Waals surface area (Å²) in [6.45, 7) is 20.0. The number of allylic oxidation sites excluding steroid dienone is 2. The van der Waals surface area contributed by atoms with Crippen LogP contribution < -0.4 is 0 Å². The standard InChI is InChI=1S/C19H23NS2.C13H26/c1-12(2)7-6-8-13(3)16(11-20)19-21-17-14(4)9-10-15(5)18(17)22-19;1-4-6-12(5-2)13-9-7-11(3)8-10-13/h9-10,12H,3,6-8H2,1-2,4-5H3;11-13H,4-10H2,1-3H3. The number of hydrogen-bond acceptors (Lipinski definition) is 3. The van der Waals surface area contributed by atoms with Crippen molar-refractivity contribution in [3.63, 3.8) is 0 Å². The number of fused-ring (bicyclic) bond motifs is 1. The van der Waals surface area contributed by atoms with Crippen molar-refractivity contribution in [2.24, 2.45) is 23.7 Å². The van der Waals surface area contributed by atoms with E-state index in [-0.39, 0.29) is 0 Å². The Kier molecular flexibility index (Phi) is 13.1. The lowest BCUT2D eigenvalue weighted by Crippen LogP contribution is -2.20. The Morgan fingerprint density at radius 3 is 2.06 bits per heavy atom. The minimum Gasteiger partial charge on any atom is -0.192 e. The van der Waals surface area contributed by atoms with Gasteiger partial charge in [0.05, 0.1) is 9.81 Å². The van der Waals surface area contributed by atoms with Crippen molar-refractivity contribution in [1.29, 1.82) is 5.26 Å². The van der Waals surface area contributed by atoms with E-state index in [2.05, 4.69) is 73.2 Å². The predicted molar refractivity (Wildman–Crippen MR) is 158 cm³/mol. The lowest BCUT2D eigenvalue weighted by molar-refractivity contribution is 0.197. The highest BCUT2D eigenvalue weighted by Gasteiger charge is 2.25. The van der Waals surface area contributed by atoms with Crippen molar-refractivity contribution in [1.82, 2.24) is 0 Å². The van der Waals surface area contributed by atoms with Crippen LogP contribution in [0, 0.1) is 48.9 Å². The summed E-state index contributed by atoms with van der Waals surface area (Å²) in [5.74, 6) is 3.82. The molecule has 0 amide bonds. The van der Waals surface area contributed by atoms with Crippen LogP contribution >= 0.6 is 23.5 Å². The van der Waals surface area contributed by atoms with Crippen LogP contribution in [0.4, 0.5) is 0 Å². The average Bonchev–Trinajstić information content (AvgIpc) is 3.28. The highest BCUT2D eigenvalue weighted by atomic mass is 32.2. The molecule has 1 unspecified atom stereocenters. The van der Waals surface area contributed by atoms with Crippen LogP contribution in [-0.4, -0.2) is 0 Å². The van der Waals surface area contributed by atoms with Crippen molar-refractivity contribution in [3.05, 3.63) is 45.2 Å². The van der Waals surface area contributed by atoms with Gasteiger partial charge >= 0.3 is 0 Å². The Morgan fingerprint density at radius 2 is 1.60 bits per heavy atom. The van der Waals surface area contributed by atoms with Gasteiger partial charge < -0.3 is 0 Å². The number of hydrogen-bond donors (Lipinski definition) is 0. The zero-order valence-corrected chi connectivity index (χ0v) is 25.1. The third-order valence-corrected chi connectivity index (χ3v) is 10.6. The second-order valence-electron chi connectivity index (χ2n) is 11.2. The first-order valence-corrected chi connectivity index (χ1v) is 15.6. The number of thioether (sulfide) groups is 2. The number of nitriles is 1. The highest BCUT2D eigenvalue weighted by Crippen LogP contribution is 2.55. The molecule has 0 spiro atoms. The molecule has 2 aliphatic rings. The molecule has 3 rings (SSSR count). The lowest BCUT2D eigenvalue weighted by Gasteiger charge is -2.32. The van der Waals surface area contributed by atoms with Gasteiger partial charge in [-0.25, -0.2) is 0 Å². The van der Waals surface area contributed by atoms with Gasteiger partial charge in [0.2, 0.25) is 0 Å². The summed E-state index contributed by atoms with van der Waals surface area (Å²) in [5.41, 5.74) is 4.35. The molecule has 1 saturated carbocycles. The van der Waals surface area contributed by atoms with Gasteiger partial charge in [0.25, 0.3) is 0 Å². The second-order valence-corrected chi connectivity index (χ2v) is 13.5. The number of rotatable bonds is 9. The normalized spacial score (nSPS) is 20.0. The van der Waals surface area contributed by atoms with Crippen LogP contribution in [0.1, 0.15) is 110 Å². The molecule has 1 aromatic carbocycles. The van der Waals surface area contributed by atoms with E-state index < -0.39 is 0 Å². The quantitative estimate of drug-likeness (QED) is 0.308. The van der Waals surface area contributed by atoms with E-state index in [1.54, 1.807) is 23.5 Å². The molecule has 1 aliphatic heterocycles. The summed E-state index contributed by atoms with van der Waals surface area (Å²) in [4.78, 5) is 2.62. The van der Waals surface area contributed by atoms with E-state index in [1.165, 1.54) is 72.3 Å². The third-order valence-electron chi connectivity index (χ3n) is 7.74. The molecule has 1 atom stereocenters. The van der Waals surface area contributed by atoms with Crippen molar-refractivity contribution >= 4 is 23.5 Å². The van der Waals surface area contributed by atoms with Gasteiger partial charge in [0, 0.05) is 9.79 Å². The SMILES string of the molecule is C=C(CCCC(C)C)C(C#N)=C1Sc2c(C)ccc(C)c2S1.CCCC(CC)C1CCC(C)CC1. The van der Waals surface area contributed by atoms with Gasteiger partial charge in [0.1, 0.15) is 6.07 Å². The van der Waals surface area contributed by atoms with Gasteiger partial charge in [-0.05, 0) is 79.9 Å². The highest BCUT2D eigenvalue weighted by molar-refractivity contribution is 8.24. The van der Waals surface area contributed by atoms with E-state index in [4.69, 9.17) is 0 Å². The monoisotopic (exact) mass is 511 g/mol. The van der Waals surface area contributed by atoms with E-state index >= 15 is 0 Å². The minimum atomic E-state index is 0.704. The Bertz CT molecular complexity index is 864. The fourth-order valence-corrected chi connectivity index (χ4v) is 8.18. The summed E-state index contributed by atoms with van der Waals surface area (Å²) < 4.78 is 1.10. The lowest BCUT2D eigenvalue weighted by atomic mass is 9.74. The molecule has 1 heterocycles. The number of nitrogens with zero attached hydrogens (tertiary/aromatic N) is 1. The summed E-state index contributed by atoms with van der Waals surface area (Å²) in [7, 11) is 0. The van der Waals surface area contributed by atoms with E-state index in [9.17, 15) is 5.26 Å². The number of benzene rings is 1. The summed E-state index contributed by atoms with van der Waals surface area (Å²) in [5, 5.41) is 9.59. The first-order valence-electron chi connectivity index (χ1n) is 14.0. The Morgan fingerprint density at radius 1 is 1.03 bits per heavy atom. The first-order chi connectivity index (χ1) is 16.7. The number of aryl methyl sites for hydroxylation is 2. The maximum Gasteiger partial charge on any atom is 0.101 e. The van der Waals surface area contributed by atoms with Crippen molar-refractivity contribution in [2.75, 3.05) is 0 Å². The minimum absolute atomic E-state index is 0.704. The van der Waals surface area contributed by atoms with E-state index in [0.29, 0.717) is 5.92 Å². The summed E-state index contributed by atoms with van der Waals surface area (Å²) >= 11 is 3.47. The van der Waals surface area contributed by atoms with Gasteiger partial charge in [-0.2, -0.15) is 5.26 Å². The molecule has 3 heteroatoms. The Hall–Kier alpha value is -1.11. The molecule has 0 N–H and O–H groups in total. The molecule has 194 valence electrons. The zero-order chi connectivity index (χ0) is 26.0. The van der Waals surface area contributed by atoms with Gasteiger partial charge in [-0.1, -0.05) is 115 Å². The smallest absolute Gasteiger partial charge is 0.101 e. The van der Waals surface area contributed by atoms with Crippen LogP contribution in [0.5, 0.6) is 0 Å². The molecule has 0 radical (unpaired) electrons. The second kappa shape index (κ2) is 15.2. The van der Waals surface area contributed by atoms with Crippen LogP contribution in [0.2, 0.25) is 0 Å². The molecular formula is C32H49NS2. The molecule has 35 heavy (non-hydrogen) atoms. The summed E-state index contributed by atoms with van der Waals surface area (Å²) in [6.07, 6.45) is 13.5. The van der Waals surface area contributed by atoms with E-state index in [1.807, 2.05) is 0 Å². The Balaban J connectivity index is 0.000000283. The first kappa shape index (κ1) is 30.1. The van der Waals surface area contributed by atoms with Crippen molar-refractivity contribution in [3.8, 4) is 6.07 Å². The molecule has 0 saturated heterocycles.